The summed E-state index contributed by atoms with van der Waals surface area (Å²) in [5.74, 6) is 0.174. The molecule has 3 nitrogen and oxygen atoms in total. The molecule has 78 valence electrons. The molecule has 0 radical (unpaired) electrons. The maximum atomic E-state index is 13.3. The van der Waals surface area contributed by atoms with Gasteiger partial charge in [-0.1, -0.05) is 0 Å². The van der Waals surface area contributed by atoms with Crippen molar-refractivity contribution in [2.24, 2.45) is 10.7 Å². The number of aromatic nitrogens is 1. The Balaban J connectivity index is 2.62. The Morgan fingerprint density at radius 3 is 3.00 bits per heavy atom. The van der Waals surface area contributed by atoms with Crippen molar-refractivity contribution >= 4 is 34.0 Å². The molecule has 2 rings (SSSR count). The molecule has 0 spiro atoms. The van der Waals surface area contributed by atoms with E-state index in [1.807, 2.05) is 0 Å². The number of nitrogens with one attached hydrogen (secondary N) is 1. The van der Waals surface area contributed by atoms with Crippen LogP contribution in [0.25, 0.3) is 10.9 Å². The molecule has 0 fully saturated rings. The zero-order valence-corrected chi connectivity index (χ0v) is 8.55. The van der Waals surface area contributed by atoms with Gasteiger partial charge >= 0.3 is 0 Å². The highest BCUT2D eigenvalue weighted by Gasteiger charge is 2.06. The SMILES string of the molecule is NC(CCl)=Nc1ccc(F)c2cc[nH]c12. The fraction of sp³-hybridized carbons (Fsp3) is 0.100. The van der Waals surface area contributed by atoms with Crippen molar-refractivity contribution in [3.05, 3.63) is 30.2 Å². The Morgan fingerprint density at radius 2 is 2.27 bits per heavy atom. The van der Waals surface area contributed by atoms with Crippen LogP contribution in [0.5, 0.6) is 0 Å². The number of halogens is 2. The maximum Gasteiger partial charge on any atom is 0.132 e. The molecule has 2 aromatic rings. The summed E-state index contributed by atoms with van der Waals surface area (Å²) in [6.45, 7) is 0. The smallest absolute Gasteiger partial charge is 0.132 e. The molecule has 15 heavy (non-hydrogen) atoms. The Bertz CT molecular complexity index is 518. The summed E-state index contributed by atoms with van der Waals surface area (Å²) in [6.07, 6.45) is 1.66. The summed E-state index contributed by atoms with van der Waals surface area (Å²) in [6, 6.07) is 4.57. The van der Waals surface area contributed by atoms with E-state index in [2.05, 4.69) is 9.98 Å². The Kier molecular flexibility index (Phi) is 2.60. The number of rotatable bonds is 2. The Morgan fingerprint density at radius 1 is 1.47 bits per heavy atom. The van der Waals surface area contributed by atoms with E-state index in [1.54, 1.807) is 18.3 Å². The van der Waals surface area contributed by atoms with Gasteiger partial charge in [-0.25, -0.2) is 9.38 Å². The maximum absolute atomic E-state index is 13.3. The first-order valence-corrected chi connectivity index (χ1v) is 4.90. The lowest BCUT2D eigenvalue weighted by molar-refractivity contribution is 0.640. The van der Waals surface area contributed by atoms with E-state index in [-0.39, 0.29) is 11.7 Å². The van der Waals surface area contributed by atoms with Crippen LogP contribution < -0.4 is 5.73 Å². The van der Waals surface area contributed by atoms with Gasteiger partial charge in [0.2, 0.25) is 0 Å². The predicted octanol–water partition coefficient (Wildman–Crippen LogP) is 2.53. The van der Waals surface area contributed by atoms with Gasteiger partial charge in [0, 0.05) is 11.6 Å². The lowest BCUT2D eigenvalue weighted by Crippen LogP contribution is -2.12. The number of hydrogen-bond donors (Lipinski definition) is 2. The lowest BCUT2D eigenvalue weighted by Gasteiger charge is -1.99. The van der Waals surface area contributed by atoms with Gasteiger partial charge in [0.05, 0.1) is 17.1 Å². The molecule has 0 bridgehead atoms. The van der Waals surface area contributed by atoms with Crippen LogP contribution in [0.3, 0.4) is 0 Å². The van der Waals surface area contributed by atoms with Crippen LogP contribution in [0.15, 0.2) is 29.4 Å². The van der Waals surface area contributed by atoms with E-state index in [4.69, 9.17) is 17.3 Å². The molecule has 3 N–H and O–H groups in total. The molecular formula is C10H9ClFN3. The average molecular weight is 226 g/mol. The van der Waals surface area contributed by atoms with E-state index >= 15 is 0 Å². The van der Waals surface area contributed by atoms with Crippen molar-refractivity contribution in [3.8, 4) is 0 Å². The first-order chi connectivity index (χ1) is 7.22. The molecule has 0 aliphatic heterocycles. The number of nitrogens with zero attached hydrogens (tertiary/aromatic N) is 1. The second kappa shape index (κ2) is 3.90. The van der Waals surface area contributed by atoms with Crippen molar-refractivity contribution in [2.45, 2.75) is 0 Å². The van der Waals surface area contributed by atoms with Crippen LogP contribution >= 0.6 is 11.6 Å². The van der Waals surface area contributed by atoms with Crippen LogP contribution in [0.4, 0.5) is 10.1 Å². The zero-order valence-electron chi connectivity index (χ0n) is 7.80. The molecule has 1 aromatic heterocycles. The third-order valence-corrected chi connectivity index (χ3v) is 2.32. The van der Waals surface area contributed by atoms with Crippen LogP contribution in [0.2, 0.25) is 0 Å². The van der Waals surface area contributed by atoms with E-state index in [9.17, 15) is 4.39 Å². The second-order valence-corrected chi connectivity index (χ2v) is 3.34. The number of aliphatic imine (C=N–C) groups is 1. The molecule has 5 heteroatoms. The molecule has 1 aromatic carbocycles. The fourth-order valence-electron chi connectivity index (χ4n) is 1.38. The third-order valence-electron chi connectivity index (χ3n) is 2.05. The van der Waals surface area contributed by atoms with E-state index in [0.29, 0.717) is 22.4 Å². The third kappa shape index (κ3) is 1.80. The number of hydrogen-bond acceptors (Lipinski definition) is 1. The zero-order chi connectivity index (χ0) is 10.8. The molecule has 0 atom stereocenters. The number of aromatic amines is 1. The number of amidine groups is 1. The van der Waals surface area contributed by atoms with Crippen LogP contribution in [0.1, 0.15) is 0 Å². The number of fused-ring (bicyclic) bond motifs is 1. The number of benzene rings is 1. The van der Waals surface area contributed by atoms with Gasteiger partial charge in [0.15, 0.2) is 0 Å². The van der Waals surface area contributed by atoms with Gasteiger partial charge < -0.3 is 10.7 Å². The predicted molar refractivity (Wildman–Crippen MR) is 60.3 cm³/mol. The van der Waals surface area contributed by atoms with Gasteiger partial charge in [0.1, 0.15) is 11.7 Å². The summed E-state index contributed by atoms with van der Waals surface area (Å²) in [4.78, 5) is 7.00. The van der Waals surface area contributed by atoms with Crippen LogP contribution in [0, 0.1) is 5.82 Å². The molecule has 1 heterocycles. The lowest BCUT2D eigenvalue weighted by atomic mass is 10.2. The van der Waals surface area contributed by atoms with E-state index < -0.39 is 0 Å². The van der Waals surface area contributed by atoms with Gasteiger partial charge in [-0.2, -0.15) is 0 Å². The molecule has 0 aliphatic rings. The highest BCUT2D eigenvalue weighted by Crippen LogP contribution is 2.26. The number of H-pyrrole nitrogens is 1. The molecule has 0 amide bonds. The summed E-state index contributed by atoms with van der Waals surface area (Å²) in [5, 5.41) is 0.499. The molecule has 0 saturated carbocycles. The standard InChI is InChI=1S/C10H9ClFN3/c11-5-9(13)15-8-2-1-7(12)6-3-4-14-10(6)8/h1-4,14H,5H2,(H2,13,15). The largest absolute Gasteiger partial charge is 0.386 e. The van der Waals surface area contributed by atoms with Crippen LogP contribution in [-0.2, 0) is 0 Å². The Labute approximate surface area is 90.8 Å². The highest BCUT2D eigenvalue weighted by molar-refractivity contribution is 6.28. The number of alkyl halides is 1. The minimum absolute atomic E-state index is 0.152. The van der Waals surface area contributed by atoms with Crippen LogP contribution in [-0.4, -0.2) is 16.7 Å². The molecule has 0 aliphatic carbocycles. The molecule has 0 unspecified atom stereocenters. The van der Waals surface area contributed by atoms with Crippen molar-refractivity contribution in [1.82, 2.24) is 4.98 Å². The van der Waals surface area contributed by atoms with Crippen molar-refractivity contribution < 1.29 is 4.39 Å². The molecular weight excluding hydrogens is 217 g/mol. The summed E-state index contributed by atoms with van der Waals surface area (Å²) in [5.41, 5.74) is 6.73. The Hall–Kier alpha value is -1.55. The average Bonchev–Trinajstić information content (AvgIpc) is 2.71. The number of nitrogens with two attached hydrogens (primary N) is 1. The topological polar surface area (TPSA) is 54.2 Å². The van der Waals surface area contributed by atoms with Crippen molar-refractivity contribution in [2.75, 3.05) is 5.88 Å². The minimum atomic E-state index is -0.283. The van der Waals surface area contributed by atoms with Gasteiger partial charge in [-0.05, 0) is 18.2 Å². The normalized spacial score (nSPS) is 12.3. The fourth-order valence-corrected chi connectivity index (χ4v) is 1.44. The van der Waals surface area contributed by atoms with Gasteiger partial charge in [-0.15, -0.1) is 11.6 Å². The first-order valence-electron chi connectivity index (χ1n) is 4.37. The summed E-state index contributed by atoms with van der Waals surface area (Å²) < 4.78 is 13.3. The van der Waals surface area contributed by atoms with Crippen molar-refractivity contribution in [1.29, 1.82) is 0 Å². The summed E-state index contributed by atoms with van der Waals surface area (Å²) >= 11 is 5.52. The van der Waals surface area contributed by atoms with Gasteiger partial charge in [0.25, 0.3) is 0 Å². The monoisotopic (exact) mass is 225 g/mol. The van der Waals surface area contributed by atoms with E-state index in [0.717, 1.165) is 0 Å². The quantitative estimate of drug-likeness (QED) is 0.461. The second-order valence-electron chi connectivity index (χ2n) is 3.07. The summed E-state index contributed by atoms with van der Waals surface area (Å²) in [7, 11) is 0. The molecule has 0 saturated heterocycles. The highest BCUT2D eigenvalue weighted by atomic mass is 35.5. The van der Waals surface area contributed by atoms with Crippen molar-refractivity contribution in [3.63, 3.8) is 0 Å². The minimum Gasteiger partial charge on any atom is -0.386 e. The van der Waals surface area contributed by atoms with Gasteiger partial charge in [-0.3, -0.25) is 0 Å². The van der Waals surface area contributed by atoms with E-state index in [1.165, 1.54) is 6.07 Å². The first kappa shape index (κ1) is 9.98.